The Hall–Kier alpha value is -3.49. The van der Waals surface area contributed by atoms with Gasteiger partial charge in [0.25, 0.3) is 0 Å². The topological polar surface area (TPSA) is 79.8 Å². The van der Waals surface area contributed by atoms with Crippen LogP contribution in [0.25, 0.3) is 11.4 Å². The molecule has 2 aromatic heterocycles. The zero-order chi connectivity index (χ0) is 21.7. The second-order valence-electron chi connectivity index (χ2n) is 6.89. The van der Waals surface area contributed by atoms with Crippen molar-refractivity contribution in [2.75, 3.05) is 10.6 Å². The van der Waals surface area contributed by atoms with Gasteiger partial charge in [0.05, 0.1) is 0 Å². The summed E-state index contributed by atoms with van der Waals surface area (Å²) in [7, 11) is 0. The molecule has 0 radical (unpaired) electrons. The van der Waals surface area contributed by atoms with E-state index in [4.69, 9.17) is 0 Å². The summed E-state index contributed by atoms with van der Waals surface area (Å²) < 4.78 is 39.8. The van der Waals surface area contributed by atoms with Crippen LogP contribution in [0.3, 0.4) is 0 Å². The van der Waals surface area contributed by atoms with Crippen molar-refractivity contribution in [1.29, 1.82) is 0 Å². The standard InChI is InChI=1S/C21H20F3N5O/c1-13(2)20(30)27-16-5-3-14(4-6-16)12-26-18-11-17(21(22,23)24)28-19(29-18)15-7-9-25-10-8-15/h3-11,13H,12H2,1-2H3,(H,27,30)(H,26,28,29). The highest BCUT2D eigenvalue weighted by molar-refractivity contribution is 5.92. The first-order valence-corrected chi connectivity index (χ1v) is 9.23. The first kappa shape index (κ1) is 21.2. The Balaban J connectivity index is 1.77. The van der Waals surface area contributed by atoms with Gasteiger partial charge in [-0.15, -0.1) is 0 Å². The third-order valence-electron chi connectivity index (χ3n) is 4.17. The number of benzene rings is 1. The van der Waals surface area contributed by atoms with Crippen LogP contribution < -0.4 is 10.6 Å². The van der Waals surface area contributed by atoms with Crippen molar-refractivity contribution in [1.82, 2.24) is 15.0 Å². The van der Waals surface area contributed by atoms with Gasteiger partial charge in [-0.25, -0.2) is 9.97 Å². The van der Waals surface area contributed by atoms with Crippen molar-refractivity contribution in [2.24, 2.45) is 5.92 Å². The SMILES string of the molecule is CC(C)C(=O)Nc1ccc(CNc2cc(C(F)(F)F)nc(-c3ccncc3)n2)cc1. The number of hydrogen-bond acceptors (Lipinski definition) is 5. The zero-order valence-electron chi connectivity index (χ0n) is 16.4. The Labute approximate surface area is 171 Å². The maximum atomic E-state index is 13.3. The third kappa shape index (κ3) is 5.53. The minimum Gasteiger partial charge on any atom is -0.366 e. The number of carbonyl (C=O) groups is 1. The van der Waals surface area contributed by atoms with Crippen LogP contribution in [0.4, 0.5) is 24.7 Å². The van der Waals surface area contributed by atoms with E-state index in [1.165, 1.54) is 12.4 Å². The maximum absolute atomic E-state index is 13.3. The van der Waals surface area contributed by atoms with Gasteiger partial charge in [0, 0.05) is 42.2 Å². The Bertz CT molecular complexity index is 1010. The summed E-state index contributed by atoms with van der Waals surface area (Å²) in [4.78, 5) is 23.4. The van der Waals surface area contributed by atoms with Crippen LogP contribution in [-0.2, 0) is 17.5 Å². The number of pyridine rings is 1. The summed E-state index contributed by atoms with van der Waals surface area (Å²) in [5, 5.41) is 5.69. The fraction of sp³-hybridized carbons (Fsp3) is 0.238. The lowest BCUT2D eigenvalue weighted by molar-refractivity contribution is -0.141. The summed E-state index contributed by atoms with van der Waals surface area (Å²) in [5.41, 5.74) is 0.872. The molecule has 30 heavy (non-hydrogen) atoms. The molecule has 0 saturated heterocycles. The highest BCUT2D eigenvalue weighted by Crippen LogP contribution is 2.30. The molecule has 0 unspecified atom stereocenters. The van der Waals surface area contributed by atoms with E-state index in [1.54, 1.807) is 50.2 Å². The van der Waals surface area contributed by atoms with Crippen molar-refractivity contribution < 1.29 is 18.0 Å². The van der Waals surface area contributed by atoms with Gasteiger partial charge >= 0.3 is 6.18 Å². The fourth-order valence-corrected chi connectivity index (χ4v) is 2.50. The van der Waals surface area contributed by atoms with Crippen LogP contribution in [-0.4, -0.2) is 20.9 Å². The van der Waals surface area contributed by atoms with Crippen molar-refractivity contribution in [3.05, 3.63) is 66.1 Å². The summed E-state index contributed by atoms with van der Waals surface area (Å²) in [6.07, 6.45) is -1.67. The van der Waals surface area contributed by atoms with Crippen LogP contribution >= 0.6 is 0 Å². The number of carbonyl (C=O) groups excluding carboxylic acids is 1. The molecule has 0 bridgehead atoms. The van der Waals surface area contributed by atoms with Gasteiger partial charge in [-0.2, -0.15) is 13.2 Å². The molecule has 0 atom stereocenters. The second kappa shape index (κ2) is 8.89. The number of anilines is 2. The minimum atomic E-state index is -4.60. The molecular weight excluding hydrogens is 395 g/mol. The van der Waals surface area contributed by atoms with E-state index >= 15 is 0 Å². The van der Waals surface area contributed by atoms with Gasteiger partial charge in [0.2, 0.25) is 5.91 Å². The van der Waals surface area contributed by atoms with Crippen LogP contribution in [0.5, 0.6) is 0 Å². The van der Waals surface area contributed by atoms with Gasteiger partial charge in [0.15, 0.2) is 11.5 Å². The van der Waals surface area contributed by atoms with Crippen LogP contribution in [0, 0.1) is 5.92 Å². The van der Waals surface area contributed by atoms with Crippen molar-refractivity contribution in [3.63, 3.8) is 0 Å². The molecule has 3 aromatic rings. The van der Waals surface area contributed by atoms with E-state index in [-0.39, 0.29) is 30.0 Å². The molecule has 2 N–H and O–H groups in total. The Morgan fingerprint density at radius 3 is 2.30 bits per heavy atom. The van der Waals surface area contributed by atoms with Gasteiger partial charge in [0.1, 0.15) is 5.82 Å². The lowest BCUT2D eigenvalue weighted by Crippen LogP contribution is -2.17. The maximum Gasteiger partial charge on any atom is 0.433 e. The van der Waals surface area contributed by atoms with Crippen LogP contribution in [0.15, 0.2) is 54.9 Å². The van der Waals surface area contributed by atoms with Gasteiger partial charge in [-0.3, -0.25) is 9.78 Å². The highest BCUT2D eigenvalue weighted by atomic mass is 19.4. The third-order valence-corrected chi connectivity index (χ3v) is 4.17. The number of alkyl halides is 3. The van der Waals surface area contributed by atoms with E-state index in [2.05, 4.69) is 25.6 Å². The monoisotopic (exact) mass is 415 g/mol. The minimum absolute atomic E-state index is 0.0403. The van der Waals surface area contributed by atoms with Crippen molar-refractivity contribution >= 4 is 17.4 Å². The average Bonchev–Trinajstić information content (AvgIpc) is 2.73. The summed E-state index contributed by atoms with van der Waals surface area (Å²) in [6.45, 7) is 3.85. The Morgan fingerprint density at radius 2 is 1.70 bits per heavy atom. The number of hydrogen-bond donors (Lipinski definition) is 2. The number of rotatable bonds is 6. The molecule has 0 aliphatic rings. The second-order valence-corrected chi connectivity index (χ2v) is 6.89. The van der Waals surface area contributed by atoms with E-state index in [0.717, 1.165) is 11.6 Å². The molecule has 0 aliphatic heterocycles. The molecule has 156 valence electrons. The first-order chi connectivity index (χ1) is 14.2. The van der Waals surface area contributed by atoms with E-state index in [9.17, 15) is 18.0 Å². The van der Waals surface area contributed by atoms with Crippen LogP contribution in [0.1, 0.15) is 25.1 Å². The summed E-state index contributed by atoms with van der Waals surface area (Å²) in [6, 6.07) is 11.0. The van der Waals surface area contributed by atoms with Crippen molar-refractivity contribution in [2.45, 2.75) is 26.6 Å². The average molecular weight is 415 g/mol. The summed E-state index contributed by atoms with van der Waals surface area (Å²) >= 11 is 0. The fourth-order valence-electron chi connectivity index (χ4n) is 2.50. The molecule has 2 heterocycles. The van der Waals surface area contributed by atoms with E-state index < -0.39 is 11.9 Å². The number of nitrogens with one attached hydrogen (secondary N) is 2. The molecular formula is C21H20F3N5O. The van der Waals surface area contributed by atoms with Crippen LogP contribution in [0.2, 0.25) is 0 Å². The number of halogens is 3. The highest BCUT2D eigenvalue weighted by Gasteiger charge is 2.33. The summed E-state index contributed by atoms with van der Waals surface area (Å²) in [5.74, 6) is -0.213. The van der Waals surface area contributed by atoms with Gasteiger partial charge in [-0.1, -0.05) is 26.0 Å². The Kier molecular flexibility index (Phi) is 6.29. The molecule has 1 amide bonds. The quantitative estimate of drug-likeness (QED) is 0.607. The molecule has 0 saturated carbocycles. The van der Waals surface area contributed by atoms with Crippen molar-refractivity contribution in [3.8, 4) is 11.4 Å². The van der Waals surface area contributed by atoms with E-state index in [0.29, 0.717) is 11.3 Å². The van der Waals surface area contributed by atoms with Gasteiger partial charge < -0.3 is 10.6 Å². The predicted molar refractivity (Wildman–Crippen MR) is 108 cm³/mol. The molecule has 1 aromatic carbocycles. The largest absolute Gasteiger partial charge is 0.433 e. The Morgan fingerprint density at radius 1 is 1.03 bits per heavy atom. The zero-order valence-corrected chi connectivity index (χ0v) is 16.4. The van der Waals surface area contributed by atoms with Gasteiger partial charge in [-0.05, 0) is 29.8 Å². The molecule has 0 aliphatic carbocycles. The molecule has 9 heteroatoms. The van der Waals surface area contributed by atoms with E-state index in [1.807, 2.05) is 0 Å². The molecule has 6 nitrogen and oxygen atoms in total. The number of aromatic nitrogens is 3. The molecule has 3 rings (SSSR count). The molecule has 0 spiro atoms. The molecule has 0 fully saturated rings. The lowest BCUT2D eigenvalue weighted by atomic mass is 10.1. The smallest absolute Gasteiger partial charge is 0.366 e. The number of nitrogens with zero attached hydrogens (tertiary/aromatic N) is 3. The number of amides is 1. The predicted octanol–water partition coefficient (Wildman–Crippen LogP) is 4.76. The normalized spacial score (nSPS) is 11.4. The lowest BCUT2D eigenvalue weighted by Gasteiger charge is -2.12. The first-order valence-electron chi connectivity index (χ1n) is 9.23.